The van der Waals surface area contributed by atoms with Gasteiger partial charge in [-0.15, -0.1) is 11.3 Å². The van der Waals surface area contributed by atoms with E-state index in [1.54, 1.807) is 20.2 Å². The summed E-state index contributed by atoms with van der Waals surface area (Å²) in [5.41, 5.74) is 2.70. The van der Waals surface area contributed by atoms with Crippen LogP contribution in [-0.2, 0) is 29.2 Å². The molecule has 3 heterocycles. The molecule has 1 amide bonds. The minimum absolute atomic E-state index is 0.189. The Morgan fingerprint density at radius 1 is 1.23 bits per heavy atom. The molecule has 0 saturated carbocycles. The van der Waals surface area contributed by atoms with Gasteiger partial charge in [0.25, 0.3) is 11.5 Å². The van der Waals surface area contributed by atoms with Gasteiger partial charge in [0, 0.05) is 81.9 Å². The number of carbonyl (C=O) groups is 1. The maximum Gasteiger partial charge on any atom is 0.270 e. The number of likely N-dealkylation sites (N-methyl/N-ethyl adjacent to an activating group) is 1. The van der Waals surface area contributed by atoms with Crippen molar-refractivity contribution >= 4 is 45.6 Å². The number of thiazole rings is 1. The Bertz CT molecular complexity index is 1630. The summed E-state index contributed by atoms with van der Waals surface area (Å²) in [5.74, 6) is -0.677. The van der Waals surface area contributed by atoms with Crippen molar-refractivity contribution in [2.75, 3.05) is 58.8 Å². The highest BCUT2D eigenvalue weighted by atomic mass is 32.1. The molecule has 11 nitrogen and oxygen atoms in total. The zero-order valence-corrected chi connectivity index (χ0v) is 23.9. The van der Waals surface area contributed by atoms with E-state index in [4.69, 9.17) is 10.00 Å². The highest BCUT2D eigenvalue weighted by molar-refractivity contribution is 7.07. The van der Waals surface area contributed by atoms with Crippen molar-refractivity contribution in [3.63, 3.8) is 0 Å². The zero-order valence-electron chi connectivity index (χ0n) is 23.1. The fraction of sp³-hybridized carbons (Fsp3) is 0.429. The van der Waals surface area contributed by atoms with Crippen molar-refractivity contribution in [3.8, 4) is 12.1 Å². The average Bonchev–Trinajstić information content (AvgIpc) is 3.46. The molecule has 1 saturated heterocycles. The lowest BCUT2D eigenvalue weighted by molar-refractivity contribution is -0.115. The molecule has 1 aliphatic rings. The molecule has 0 aliphatic carbocycles. The van der Waals surface area contributed by atoms with Crippen LogP contribution in [0.2, 0.25) is 0 Å². The number of hydrogen-bond acceptors (Lipinski definition) is 9. The third-order valence-corrected chi connectivity index (χ3v) is 8.09. The number of methoxy groups -OCH3 is 1. The van der Waals surface area contributed by atoms with Crippen LogP contribution in [0, 0.1) is 22.7 Å². The van der Waals surface area contributed by atoms with Gasteiger partial charge in [-0.25, -0.2) is 0 Å². The summed E-state index contributed by atoms with van der Waals surface area (Å²) in [6, 6.07) is 9.84. The highest BCUT2D eigenvalue weighted by Crippen LogP contribution is 2.26. The van der Waals surface area contributed by atoms with Gasteiger partial charge in [-0.05, 0) is 37.7 Å². The van der Waals surface area contributed by atoms with Crippen LogP contribution >= 0.6 is 11.3 Å². The standard InChI is InChI=1S/C28H34N8O3S/c1-4-36-27(38)25(40-28(36)23(16-30)26(37)31-8-7-29)17-32-21-5-6-24-22(15-21)20(19-35(24)13-14-39-3)18-34-11-9-33(2)10-12-34/h5-6,15,17,19,32H,4,8-14,18H2,1-3H3,(H,31,37)/b25-17-,28-23+. The molecule has 1 aromatic carbocycles. The van der Waals surface area contributed by atoms with Crippen LogP contribution in [0.4, 0.5) is 5.69 Å². The molecular formula is C28H34N8O3S. The smallest absolute Gasteiger partial charge is 0.270 e. The Labute approximate surface area is 236 Å². The number of benzene rings is 1. The number of anilines is 1. The minimum Gasteiger partial charge on any atom is -0.383 e. The quantitative estimate of drug-likeness (QED) is 0.341. The first-order chi connectivity index (χ1) is 19.4. The molecule has 0 bridgehead atoms. The van der Waals surface area contributed by atoms with Gasteiger partial charge in [-0.1, -0.05) is 0 Å². The fourth-order valence-electron chi connectivity index (χ4n) is 4.75. The number of nitrogens with one attached hydrogen (secondary N) is 2. The molecule has 210 valence electrons. The Balaban J connectivity index is 1.69. The third kappa shape index (κ3) is 6.43. The third-order valence-electron chi connectivity index (χ3n) is 6.96. The Morgan fingerprint density at radius 2 is 2.00 bits per heavy atom. The van der Waals surface area contributed by atoms with Gasteiger partial charge >= 0.3 is 0 Å². The normalized spacial score (nSPS) is 15.6. The van der Waals surface area contributed by atoms with E-state index < -0.39 is 5.91 Å². The van der Waals surface area contributed by atoms with E-state index in [9.17, 15) is 14.9 Å². The van der Waals surface area contributed by atoms with Crippen LogP contribution in [0.5, 0.6) is 0 Å². The minimum atomic E-state index is -0.677. The summed E-state index contributed by atoms with van der Waals surface area (Å²) in [6.45, 7) is 8.22. The second-order valence-corrected chi connectivity index (χ2v) is 10.6. The molecule has 4 rings (SSSR count). The predicted molar refractivity (Wildman–Crippen MR) is 156 cm³/mol. The number of rotatable bonds is 10. The van der Waals surface area contributed by atoms with Gasteiger partial charge in [-0.2, -0.15) is 10.5 Å². The van der Waals surface area contributed by atoms with E-state index >= 15 is 0 Å². The number of nitriles is 2. The lowest BCUT2D eigenvalue weighted by atomic mass is 10.1. The van der Waals surface area contributed by atoms with E-state index in [1.165, 1.54) is 10.1 Å². The number of aromatic nitrogens is 2. The maximum absolute atomic E-state index is 13.1. The molecule has 0 unspecified atom stereocenters. The summed E-state index contributed by atoms with van der Waals surface area (Å²) in [4.78, 5) is 30.3. The number of carbonyl (C=O) groups excluding carboxylic acids is 1. The second kappa shape index (κ2) is 13.4. The molecule has 2 N–H and O–H groups in total. The van der Waals surface area contributed by atoms with E-state index in [0.29, 0.717) is 17.7 Å². The van der Waals surface area contributed by atoms with Crippen LogP contribution in [0.3, 0.4) is 0 Å². The number of hydrogen-bond donors (Lipinski definition) is 2. The molecule has 2 aromatic heterocycles. The van der Waals surface area contributed by atoms with E-state index in [0.717, 1.165) is 67.2 Å². The number of amides is 1. The second-order valence-electron chi connectivity index (χ2n) is 9.59. The molecule has 1 aliphatic heterocycles. The average molecular weight is 563 g/mol. The first kappa shape index (κ1) is 29.1. The fourth-order valence-corrected chi connectivity index (χ4v) is 5.84. The summed E-state index contributed by atoms with van der Waals surface area (Å²) >= 11 is 1.07. The van der Waals surface area contributed by atoms with Crippen LogP contribution < -0.4 is 25.4 Å². The van der Waals surface area contributed by atoms with Gasteiger partial charge in [0.2, 0.25) is 0 Å². The molecule has 1 fully saturated rings. The molecule has 0 spiro atoms. The lowest BCUT2D eigenvalue weighted by Gasteiger charge is -2.32. The first-order valence-corrected chi connectivity index (χ1v) is 14.0. The number of piperazine rings is 1. The Hall–Kier alpha value is -3.94. The van der Waals surface area contributed by atoms with Crippen molar-refractivity contribution in [1.29, 1.82) is 10.5 Å². The van der Waals surface area contributed by atoms with Gasteiger partial charge < -0.3 is 24.8 Å². The van der Waals surface area contributed by atoms with Crippen molar-refractivity contribution in [1.82, 2.24) is 24.3 Å². The summed E-state index contributed by atoms with van der Waals surface area (Å²) < 4.78 is 9.57. The summed E-state index contributed by atoms with van der Waals surface area (Å²) in [7, 11) is 3.85. The number of ether oxygens (including phenoxy) is 1. The highest BCUT2D eigenvalue weighted by Gasteiger charge is 2.18. The van der Waals surface area contributed by atoms with E-state index in [-0.39, 0.29) is 22.3 Å². The van der Waals surface area contributed by atoms with E-state index in [2.05, 4.69) is 50.4 Å². The van der Waals surface area contributed by atoms with Gasteiger partial charge in [0.1, 0.15) is 21.8 Å². The first-order valence-electron chi connectivity index (χ1n) is 13.2. The van der Waals surface area contributed by atoms with Crippen molar-refractivity contribution in [2.45, 2.75) is 26.6 Å². The zero-order chi connectivity index (χ0) is 28.6. The van der Waals surface area contributed by atoms with Gasteiger partial charge in [0.05, 0.1) is 12.7 Å². The monoisotopic (exact) mass is 562 g/mol. The maximum atomic E-state index is 13.1. The predicted octanol–water partition coefficient (Wildman–Crippen LogP) is 0.442. The van der Waals surface area contributed by atoms with Crippen LogP contribution in [0.1, 0.15) is 12.5 Å². The number of fused-ring (bicyclic) bond motifs is 1. The van der Waals surface area contributed by atoms with Crippen LogP contribution in [-0.4, -0.2) is 78.3 Å². The molecule has 0 radical (unpaired) electrons. The van der Waals surface area contributed by atoms with Crippen molar-refractivity contribution < 1.29 is 9.53 Å². The Kier molecular flexibility index (Phi) is 9.74. The lowest BCUT2D eigenvalue weighted by Crippen LogP contribution is -2.43. The van der Waals surface area contributed by atoms with Crippen LogP contribution in [0.25, 0.3) is 22.7 Å². The van der Waals surface area contributed by atoms with Gasteiger partial charge in [0.15, 0.2) is 5.57 Å². The van der Waals surface area contributed by atoms with Gasteiger partial charge in [-0.3, -0.25) is 19.1 Å². The van der Waals surface area contributed by atoms with Crippen molar-refractivity contribution in [2.24, 2.45) is 0 Å². The largest absolute Gasteiger partial charge is 0.383 e. The molecule has 0 atom stereocenters. The van der Waals surface area contributed by atoms with Crippen molar-refractivity contribution in [3.05, 3.63) is 49.5 Å². The van der Waals surface area contributed by atoms with Crippen LogP contribution in [0.15, 0.2) is 29.2 Å². The molecule has 12 heteroatoms. The summed E-state index contributed by atoms with van der Waals surface area (Å²) in [5, 5.41) is 25.1. The number of nitrogens with zero attached hydrogens (tertiary/aromatic N) is 6. The molecular weight excluding hydrogens is 528 g/mol. The summed E-state index contributed by atoms with van der Waals surface area (Å²) in [6.07, 6.45) is 3.83. The Morgan fingerprint density at radius 3 is 2.67 bits per heavy atom. The topological polar surface area (TPSA) is 131 Å². The molecule has 3 aromatic rings. The molecule has 40 heavy (non-hydrogen) atoms. The SMILES string of the molecule is CCn1c(=O)/c(=C/Nc2ccc3c(c2)c(CN2CCN(C)CC2)cn3CCOC)s/c1=C(\C#N)C(=O)NCC#N. The van der Waals surface area contributed by atoms with E-state index in [1.807, 2.05) is 18.2 Å².